The van der Waals surface area contributed by atoms with Gasteiger partial charge in [-0.15, -0.1) is 0 Å². The van der Waals surface area contributed by atoms with E-state index in [4.69, 9.17) is 51.6 Å². The Bertz CT molecular complexity index is 2770. The maximum absolute atomic E-state index is 14.1. The van der Waals surface area contributed by atoms with Gasteiger partial charge < -0.3 is 67.6 Å². The number of Topliss-reactive ketones (excluding diaryl/α,β-unsaturated/α-hetero) is 3. The summed E-state index contributed by atoms with van der Waals surface area (Å²) in [5.41, 5.74) is 52.9. The van der Waals surface area contributed by atoms with Crippen LogP contribution in [0.15, 0.2) is 138 Å². The van der Waals surface area contributed by atoms with Crippen LogP contribution < -0.4 is 67.6 Å². The molecular formula is C55H67N15O6S3. The van der Waals surface area contributed by atoms with Gasteiger partial charge in [0.1, 0.15) is 0 Å². The molecule has 0 bridgehead atoms. The number of ketones is 3. The molecule has 416 valence electrons. The number of hydrogen-bond acceptors (Lipinski definition) is 15. The smallest absolute Gasteiger partial charge is 0.252 e. The van der Waals surface area contributed by atoms with Crippen molar-refractivity contribution in [2.24, 2.45) is 66.6 Å². The van der Waals surface area contributed by atoms with E-state index in [1.807, 2.05) is 68.7 Å². The summed E-state index contributed by atoms with van der Waals surface area (Å²) in [4.78, 5) is 95.4. The number of rotatable bonds is 30. The first-order valence-electron chi connectivity index (χ1n) is 25.1. The molecule has 6 aromatic rings. The molecule has 21 nitrogen and oxygen atoms in total. The maximum atomic E-state index is 14.1. The van der Waals surface area contributed by atoms with Crippen LogP contribution in [-0.4, -0.2) is 89.2 Å². The van der Waals surface area contributed by atoms with E-state index in [2.05, 4.69) is 30.9 Å². The van der Waals surface area contributed by atoms with E-state index in [1.54, 1.807) is 54.6 Å². The van der Waals surface area contributed by atoms with Crippen LogP contribution in [0.5, 0.6) is 0 Å². The lowest BCUT2D eigenvalue weighted by Gasteiger charge is -2.27. The third kappa shape index (κ3) is 16.7. The van der Waals surface area contributed by atoms with Crippen molar-refractivity contribution in [1.82, 2.24) is 0 Å². The van der Waals surface area contributed by atoms with Gasteiger partial charge in [0.05, 0.1) is 0 Å². The average Bonchev–Trinajstić information content (AvgIpc) is 4.31. The first-order chi connectivity index (χ1) is 37.7. The zero-order chi connectivity index (χ0) is 57.2. The molecule has 0 aliphatic heterocycles. The van der Waals surface area contributed by atoms with Crippen LogP contribution in [0.4, 0.5) is 17.1 Å². The molecule has 0 fully saturated rings. The molecule has 0 radical (unpaired) electrons. The van der Waals surface area contributed by atoms with Gasteiger partial charge >= 0.3 is 0 Å². The topological polar surface area (TPSA) is 410 Å². The lowest BCUT2D eigenvalue weighted by molar-refractivity contribution is -0.134. The maximum Gasteiger partial charge on any atom is 0.252 e. The Kier molecular flexibility index (Phi) is 21.3. The van der Waals surface area contributed by atoms with Crippen LogP contribution in [0.3, 0.4) is 0 Å². The van der Waals surface area contributed by atoms with Crippen molar-refractivity contribution in [1.29, 1.82) is 0 Å². The molecule has 3 atom stereocenters. The van der Waals surface area contributed by atoms with Gasteiger partial charge in [0, 0.05) is 61.9 Å². The first kappa shape index (κ1) is 60.1. The number of amides is 3. The molecule has 3 heterocycles. The Morgan fingerprint density at radius 2 is 0.658 bits per heavy atom. The minimum Gasteiger partial charge on any atom is -0.370 e. The molecule has 6 rings (SSSR count). The molecule has 79 heavy (non-hydrogen) atoms. The monoisotopic (exact) mass is 1130 g/mol. The molecule has 0 spiro atoms. The Morgan fingerprint density at radius 1 is 0.405 bits per heavy atom. The second kappa shape index (κ2) is 28.0. The van der Waals surface area contributed by atoms with E-state index < -0.39 is 57.6 Å². The quantitative estimate of drug-likeness (QED) is 0.0101. The van der Waals surface area contributed by atoms with Gasteiger partial charge in [-0.2, -0.15) is 34.0 Å². The molecule has 0 aliphatic carbocycles. The highest BCUT2D eigenvalue weighted by molar-refractivity contribution is 7.08. The fourth-order valence-corrected chi connectivity index (χ4v) is 10.6. The minimum atomic E-state index is -1.92. The van der Waals surface area contributed by atoms with Gasteiger partial charge in [0.2, 0.25) is 0 Å². The Labute approximate surface area is 469 Å². The third-order valence-corrected chi connectivity index (χ3v) is 15.3. The molecule has 3 aromatic heterocycles. The zero-order valence-electron chi connectivity index (χ0n) is 43.4. The fourth-order valence-electron chi connectivity index (χ4n) is 8.63. The standard InChI is InChI=1S/C55H67N15O6S3/c56-50(57)65-22-1-19-53(62,43(71)28-34-16-25-77-31-34)47(74)68-40-10-4-37(5-11-40)46(38-6-12-41(13-7-38)69-48(75)54(63,20-2-23-66-51(58)59)44(72)29-35-17-26-78-32-35)39-8-14-42(15-9-39)70-49(76)55(64,21-3-24-67-52(60)61)45(73)30-36-18-27-79-33-36/h4-18,25-27,31-33,46H,1-3,19-24,28-30,62-64H2,(H,68,74)(H,69,75)(H,70,76)(H4,56,57,65)(H4,58,59,66)(H4,60,61,67)/t53-,54-,55-/m0/s1. The lowest BCUT2D eigenvalue weighted by atomic mass is 9.84. The average molecular weight is 1130 g/mol. The predicted molar refractivity (Wildman–Crippen MR) is 316 cm³/mol. The minimum absolute atomic E-state index is 0.0279. The summed E-state index contributed by atoms with van der Waals surface area (Å²) in [6, 6.07) is 26.4. The van der Waals surface area contributed by atoms with Gasteiger partial charge in [-0.3, -0.25) is 43.7 Å². The van der Waals surface area contributed by atoms with Crippen molar-refractivity contribution >= 4 is 104 Å². The summed E-state index contributed by atoms with van der Waals surface area (Å²) < 4.78 is 0. The zero-order valence-corrected chi connectivity index (χ0v) is 45.8. The molecular weight excluding hydrogens is 1060 g/mol. The molecule has 3 amide bonds. The predicted octanol–water partition coefficient (Wildman–Crippen LogP) is 3.56. The number of carbonyl (C=O) groups is 6. The highest BCUT2D eigenvalue weighted by atomic mass is 32.1. The largest absolute Gasteiger partial charge is 0.370 e. The van der Waals surface area contributed by atoms with Crippen LogP contribution in [0.25, 0.3) is 0 Å². The molecule has 24 heteroatoms. The number of anilines is 3. The Morgan fingerprint density at radius 3 is 0.873 bits per heavy atom. The van der Waals surface area contributed by atoms with Crippen LogP contribution in [0.2, 0.25) is 0 Å². The molecule has 21 N–H and O–H groups in total. The van der Waals surface area contributed by atoms with Crippen molar-refractivity contribution in [2.75, 3.05) is 35.6 Å². The van der Waals surface area contributed by atoms with Crippen molar-refractivity contribution in [3.63, 3.8) is 0 Å². The van der Waals surface area contributed by atoms with E-state index in [-0.39, 0.29) is 95.3 Å². The van der Waals surface area contributed by atoms with Crippen molar-refractivity contribution in [3.8, 4) is 0 Å². The fraction of sp³-hybridized carbons (Fsp3) is 0.291. The number of thiophene rings is 3. The van der Waals surface area contributed by atoms with E-state index in [9.17, 15) is 28.8 Å². The van der Waals surface area contributed by atoms with Gasteiger partial charge in [0.15, 0.2) is 51.8 Å². The van der Waals surface area contributed by atoms with E-state index in [1.165, 1.54) is 34.0 Å². The summed E-state index contributed by atoms with van der Waals surface area (Å²) in [6.45, 7) is 0.481. The normalized spacial score (nSPS) is 13.4. The third-order valence-electron chi connectivity index (χ3n) is 13.1. The SMILES string of the molecule is NC(N)=NCCC[C@](N)(C(=O)Cc1ccsc1)C(=O)Nc1ccc(C(c2ccc(NC(=O)[C@](N)(CCCN=C(N)N)C(=O)Cc3ccsc3)cc2)c2ccc(NC(=O)[C@](N)(CCCN=C(N)N)C(=O)Cc3ccsc3)cc2)cc1. The van der Waals surface area contributed by atoms with Gasteiger partial charge in [-0.1, -0.05) is 36.4 Å². The van der Waals surface area contributed by atoms with Crippen LogP contribution in [0.1, 0.15) is 77.8 Å². The number of aliphatic imine (C=N–C) groups is 3. The van der Waals surface area contributed by atoms with Crippen LogP contribution >= 0.6 is 34.0 Å². The van der Waals surface area contributed by atoms with Gasteiger partial charge in [-0.25, -0.2) is 0 Å². The van der Waals surface area contributed by atoms with E-state index in [0.717, 1.165) is 33.4 Å². The highest BCUT2D eigenvalue weighted by Gasteiger charge is 2.43. The summed E-state index contributed by atoms with van der Waals surface area (Å²) in [5, 5.41) is 19.5. The molecule has 0 aliphatic rings. The molecule has 0 saturated carbocycles. The summed E-state index contributed by atoms with van der Waals surface area (Å²) in [7, 11) is 0. The molecule has 3 aromatic carbocycles. The Hall–Kier alpha value is -8.13. The number of nitrogens with one attached hydrogen (secondary N) is 3. The lowest BCUT2D eigenvalue weighted by Crippen LogP contribution is -2.58. The number of nitrogens with two attached hydrogens (primary N) is 9. The first-order valence-corrected chi connectivity index (χ1v) is 27.9. The van der Waals surface area contributed by atoms with Crippen LogP contribution in [-0.2, 0) is 48.0 Å². The molecule has 0 unspecified atom stereocenters. The second-order valence-corrected chi connectivity index (χ2v) is 21.3. The second-order valence-electron chi connectivity index (χ2n) is 19.0. The van der Waals surface area contributed by atoms with E-state index in [0.29, 0.717) is 17.1 Å². The van der Waals surface area contributed by atoms with Gasteiger partial charge in [0.25, 0.3) is 17.7 Å². The number of benzene rings is 3. The highest BCUT2D eigenvalue weighted by Crippen LogP contribution is 2.35. The van der Waals surface area contributed by atoms with Crippen LogP contribution in [0, 0.1) is 0 Å². The number of carbonyl (C=O) groups excluding carboxylic acids is 6. The van der Waals surface area contributed by atoms with Gasteiger partial charge in [-0.05, 0) is 159 Å². The number of nitrogens with zero attached hydrogens (tertiary/aromatic N) is 3. The Balaban J connectivity index is 1.29. The van der Waals surface area contributed by atoms with Crippen molar-refractivity contribution in [2.45, 2.75) is 80.3 Å². The summed E-state index contributed by atoms with van der Waals surface area (Å²) >= 11 is 4.27. The number of guanidine groups is 3. The summed E-state index contributed by atoms with van der Waals surface area (Å²) in [5.74, 6) is -4.42. The molecule has 0 saturated heterocycles. The van der Waals surface area contributed by atoms with E-state index >= 15 is 0 Å². The number of hydrogen-bond donors (Lipinski definition) is 12. The van der Waals surface area contributed by atoms with Crippen molar-refractivity contribution < 1.29 is 28.8 Å². The summed E-state index contributed by atoms with van der Waals surface area (Å²) in [6.07, 6.45) is 0.529. The van der Waals surface area contributed by atoms with Crippen molar-refractivity contribution in [3.05, 3.63) is 157 Å².